The lowest BCUT2D eigenvalue weighted by Gasteiger charge is -2.31. The van der Waals surface area contributed by atoms with Gasteiger partial charge in [0.05, 0.1) is 0 Å². The summed E-state index contributed by atoms with van der Waals surface area (Å²) in [5.41, 5.74) is -0.247. The van der Waals surface area contributed by atoms with Gasteiger partial charge in [-0.25, -0.2) is 0 Å². The van der Waals surface area contributed by atoms with Gasteiger partial charge < -0.3 is 14.5 Å². The quantitative estimate of drug-likeness (QED) is 0.793. The van der Waals surface area contributed by atoms with Crippen molar-refractivity contribution in [2.24, 2.45) is 0 Å². The van der Waals surface area contributed by atoms with E-state index in [0.717, 1.165) is 50.0 Å². The van der Waals surface area contributed by atoms with Gasteiger partial charge in [0.1, 0.15) is 23.5 Å². The number of rotatable bonds is 7. The Balaban J connectivity index is 1.40. The summed E-state index contributed by atoms with van der Waals surface area (Å²) in [6, 6.07) is 7.28. The average molecular weight is 383 g/mol. The molecule has 2 heterocycles. The van der Waals surface area contributed by atoms with Gasteiger partial charge in [-0.3, -0.25) is 14.5 Å². The van der Waals surface area contributed by atoms with Crippen LogP contribution in [-0.4, -0.2) is 48.9 Å². The number of carbonyl (C=O) groups is 1. The second kappa shape index (κ2) is 8.35. The van der Waals surface area contributed by atoms with Crippen LogP contribution in [0.3, 0.4) is 0 Å². The van der Waals surface area contributed by atoms with Crippen molar-refractivity contribution < 1.29 is 18.7 Å². The van der Waals surface area contributed by atoms with Crippen LogP contribution < -0.4 is 10.1 Å². The monoisotopic (exact) mass is 383 g/mol. The predicted molar refractivity (Wildman–Crippen MR) is 106 cm³/mol. The van der Waals surface area contributed by atoms with E-state index >= 15 is 0 Å². The number of amides is 1. The lowest BCUT2D eigenvalue weighted by molar-refractivity contribution is 0.0880. The third kappa shape index (κ3) is 4.22. The summed E-state index contributed by atoms with van der Waals surface area (Å²) in [6.07, 6.45) is 8.81. The Morgan fingerprint density at radius 1 is 1.14 bits per heavy atom. The maximum absolute atomic E-state index is 12.6. The first-order valence-electron chi connectivity index (χ1n) is 10.3. The van der Waals surface area contributed by atoms with Gasteiger partial charge in [-0.05, 0) is 63.0 Å². The molecular formula is C22H27N2O4. The fourth-order valence-electron chi connectivity index (χ4n) is 4.21. The van der Waals surface area contributed by atoms with Crippen LogP contribution >= 0.6 is 0 Å². The first-order valence-corrected chi connectivity index (χ1v) is 10.3. The van der Waals surface area contributed by atoms with Gasteiger partial charge in [0, 0.05) is 11.9 Å². The van der Waals surface area contributed by atoms with Crippen LogP contribution in [0.15, 0.2) is 28.7 Å². The lowest BCUT2D eigenvalue weighted by Crippen LogP contribution is -2.51. The smallest absolute Gasteiger partial charge is 0.287 e. The van der Waals surface area contributed by atoms with Gasteiger partial charge in [0.15, 0.2) is 5.76 Å². The third-order valence-corrected chi connectivity index (χ3v) is 5.84. The molecule has 0 atom stereocenters. The molecule has 2 fully saturated rings. The van der Waals surface area contributed by atoms with Crippen molar-refractivity contribution in [2.75, 3.05) is 26.2 Å². The van der Waals surface area contributed by atoms with Crippen molar-refractivity contribution in [1.82, 2.24) is 10.2 Å². The number of likely N-dealkylation sites (tertiary alicyclic amines) is 1. The van der Waals surface area contributed by atoms with E-state index in [1.165, 1.54) is 12.8 Å². The van der Waals surface area contributed by atoms with E-state index in [1.807, 2.05) is 18.2 Å². The molecule has 6 nitrogen and oxygen atoms in total. The SMILES string of the molecule is O=[C]C1(NC(=O)c2cc3cc(OCCN4CCCC4)ccc3o2)CCCCC1. The number of furan rings is 1. The molecule has 1 aliphatic heterocycles. The molecule has 0 unspecified atom stereocenters. The Labute approximate surface area is 165 Å². The molecule has 1 N–H and O–H groups in total. The van der Waals surface area contributed by atoms with Crippen LogP contribution in [0.25, 0.3) is 11.0 Å². The second-order valence-corrected chi connectivity index (χ2v) is 7.91. The highest BCUT2D eigenvalue weighted by Gasteiger charge is 2.35. The Hall–Kier alpha value is -2.34. The molecular weight excluding hydrogens is 356 g/mol. The molecule has 0 bridgehead atoms. The number of hydrogen-bond acceptors (Lipinski definition) is 5. The summed E-state index contributed by atoms with van der Waals surface area (Å²) in [6.45, 7) is 3.89. The maximum atomic E-state index is 12.6. The number of carbonyl (C=O) groups excluding carboxylic acids is 2. The number of ether oxygens (including phenoxy) is 1. The van der Waals surface area contributed by atoms with Crippen LogP contribution in [0.5, 0.6) is 5.75 Å². The van der Waals surface area contributed by atoms with E-state index in [0.29, 0.717) is 25.0 Å². The molecule has 1 radical (unpaired) electrons. The highest BCUT2D eigenvalue weighted by molar-refractivity contribution is 5.98. The standard InChI is InChI=1S/C22H27N2O4/c25-16-22(8-2-1-3-9-22)23-21(26)20-15-17-14-18(6-7-19(17)28-20)27-13-12-24-10-4-5-11-24/h6-7,14-15H,1-5,8-13H2,(H,23,26). The Morgan fingerprint density at radius 2 is 1.93 bits per heavy atom. The Morgan fingerprint density at radius 3 is 2.68 bits per heavy atom. The summed E-state index contributed by atoms with van der Waals surface area (Å²) in [7, 11) is 0. The Bertz CT molecular complexity index is 832. The molecule has 1 saturated carbocycles. The number of nitrogens with one attached hydrogen (secondary N) is 1. The lowest BCUT2D eigenvalue weighted by atomic mass is 9.83. The number of fused-ring (bicyclic) bond motifs is 1. The molecule has 2 aliphatic rings. The molecule has 0 spiro atoms. The van der Waals surface area contributed by atoms with Gasteiger partial charge in [-0.15, -0.1) is 0 Å². The molecule has 1 saturated heterocycles. The first kappa shape index (κ1) is 19.0. The molecule has 1 amide bonds. The summed E-state index contributed by atoms with van der Waals surface area (Å²) < 4.78 is 11.6. The van der Waals surface area contributed by atoms with E-state index in [4.69, 9.17) is 9.15 Å². The number of hydrogen-bond donors (Lipinski definition) is 1. The van der Waals surface area contributed by atoms with Crippen LogP contribution in [-0.2, 0) is 4.79 Å². The van der Waals surface area contributed by atoms with Crippen LogP contribution in [0, 0.1) is 0 Å². The van der Waals surface area contributed by atoms with Crippen molar-refractivity contribution in [1.29, 1.82) is 0 Å². The largest absolute Gasteiger partial charge is 0.492 e. The topological polar surface area (TPSA) is 71.8 Å². The third-order valence-electron chi connectivity index (χ3n) is 5.84. The average Bonchev–Trinajstić information content (AvgIpc) is 3.38. The van der Waals surface area contributed by atoms with Crippen LogP contribution in [0.2, 0.25) is 0 Å². The van der Waals surface area contributed by atoms with Crippen LogP contribution in [0.1, 0.15) is 55.5 Å². The van der Waals surface area contributed by atoms with E-state index < -0.39 is 5.54 Å². The highest BCUT2D eigenvalue weighted by atomic mass is 16.5. The minimum atomic E-state index is -0.877. The fourth-order valence-corrected chi connectivity index (χ4v) is 4.21. The molecule has 6 heteroatoms. The molecule has 149 valence electrons. The molecule has 4 rings (SSSR count). The zero-order valence-electron chi connectivity index (χ0n) is 16.2. The van der Waals surface area contributed by atoms with E-state index in [-0.39, 0.29) is 11.7 Å². The molecule has 1 aromatic carbocycles. The van der Waals surface area contributed by atoms with Crippen molar-refractivity contribution >= 4 is 23.2 Å². The van der Waals surface area contributed by atoms with Gasteiger partial charge in [0.25, 0.3) is 5.91 Å². The Kier molecular flexibility index (Phi) is 5.67. The van der Waals surface area contributed by atoms with E-state index in [2.05, 4.69) is 16.5 Å². The van der Waals surface area contributed by atoms with Gasteiger partial charge in [-0.1, -0.05) is 19.3 Å². The van der Waals surface area contributed by atoms with Crippen molar-refractivity contribution in [2.45, 2.75) is 50.5 Å². The zero-order valence-corrected chi connectivity index (χ0v) is 16.2. The normalized spacial score (nSPS) is 19.6. The maximum Gasteiger partial charge on any atom is 0.287 e. The minimum absolute atomic E-state index is 0.212. The number of benzene rings is 1. The first-order chi connectivity index (χ1) is 13.7. The highest BCUT2D eigenvalue weighted by Crippen LogP contribution is 2.28. The summed E-state index contributed by atoms with van der Waals surface area (Å²) >= 11 is 0. The second-order valence-electron chi connectivity index (χ2n) is 7.91. The van der Waals surface area contributed by atoms with E-state index in [1.54, 1.807) is 6.07 Å². The predicted octanol–water partition coefficient (Wildman–Crippen LogP) is 3.45. The van der Waals surface area contributed by atoms with Gasteiger partial charge in [-0.2, -0.15) is 0 Å². The van der Waals surface area contributed by atoms with E-state index in [9.17, 15) is 9.59 Å². The van der Waals surface area contributed by atoms with Crippen LogP contribution in [0.4, 0.5) is 0 Å². The summed E-state index contributed by atoms with van der Waals surface area (Å²) in [4.78, 5) is 26.5. The molecule has 1 aliphatic carbocycles. The molecule has 2 aromatic rings. The fraction of sp³-hybridized carbons (Fsp3) is 0.545. The van der Waals surface area contributed by atoms with Gasteiger partial charge >= 0.3 is 0 Å². The van der Waals surface area contributed by atoms with Crippen molar-refractivity contribution in [3.05, 3.63) is 30.0 Å². The van der Waals surface area contributed by atoms with Gasteiger partial charge in [0.2, 0.25) is 6.29 Å². The van der Waals surface area contributed by atoms with Crippen molar-refractivity contribution in [3.8, 4) is 5.75 Å². The number of nitrogens with zero attached hydrogens (tertiary/aromatic N) is 1. The van der Waals surface area contributed by atoms with Crippen molar-refractivity contribution in [3.63, 3.8) is 0 Å². The molecule has 28 heavy (non-hydrogen) atoms. The molecule has 1 aromatic heterocycles. The summed E-state index contributed by atoms with van der Waals surface area (Å²) in [5, 5.41) is 3.66. The summed E-state index contributed by atoms with van der Waals surface area (Å²) in [5.74, 6) is 0.617. The zero-order chi connectivity index (χ0) is 19.4. The minimum Gasteiger partial charge on any atom is -0.492 e.